The van der Waals surface area contributed by atoms with Crippen LogP contribution in [0.25, 0.3) is 0 Å². The van der Waals surface area contributed by atoms with Gasteiger partial charge in [-0.3, -0.25) is 19.2 Å². The van der Waals surface area contributed by atoms with Crippen LogP contribution >= 0.6 is 0 Å². The maximum absolute atomic E-state index is 12.3. The van der Waals surface area contributed by atoms with Gasteiger partial charge in [0.25, 0.3) is 0 Å². The van der Waals surface area contributed by atoms with Gasteiger partial charge in [-0.25, -0.2) is 4.79 Å². The first-order valence-electron chi connectivity index (χ1n) is 9.44. The Balaban J connectivity index is 2.69. The molecule has 1 aromatic rings. The second kappa shape index (κ2) is 12.2. The van der Waals surface area contributed by atoms with Crippen molar-refractivity contribution in [2.45, 2.75) is 44.0 Å². The maximum Gasteiger partial charge on any atom is 0.328 e. The molecule has 0 radical (unpaired) electrons. The number of aromatic hydroxyl groups is 1. The number of carboxylic acids is 2. The fourth-order valence-corrected chi connectivity index (χ4v) is 2.55. The van der Waals surface area contributed by atoms with Gasteiger partial charge < -0.3 is 42.1 Å². The number of carbonyl (C=O) groups is 5. The Labute approximate surface area is 182 Å². The molecule has 1 aromatic carbocycles. The molecule has 3 amide bonds. The first kappa shape index (κ1) is 26.3. The van der Waals surface area contributed by atoms with Gasteiger partial charge in [0, 0.05) is 0 Å². The molecule has 4 atom stereocenters. The predicted molar refractivity (Wildman–Crippen MR) is 108 cm³/mol. The minimum Gasteiger partial charge on any atom is -0.508 e. The summed E-state index contributed by atoms with van der Waals surface area (Å²) in [5.74, 6) is -5.63. The van der Waals surface area contributed by atoms with E-state index in [0.717, 1.165) is 6.92 Å². The van der Waals surface area contributed by atoms with E-state index in [1.165, 1.54) is 12.1 Å². The molecule has 176 valence electrons. The molecule has 0 fully saturated rings. The Bertz CT molecular complexity index is 842. The molecule has 0 heterocycles. The third-order valence-corrected chi connectivity index (χ3v) is 4.23. The van der Waals surface area contributed by atoms with Crippen molar-refractivity contribution in [3.63, 3.8) is 0 Å². The van der Waals surface area contributed by atoms with Crippen LogP contribution in [0.3, 0.4) is 0 Å². The molecule has 13 nitrogen and oxygen atoms in total. The van der Waals surface area contributed by atoms with Gasteiger partial charge in [0.05, 0.1) is 25.1 Å². The van der Waals surface area contributed by atoms with Crippen LogP contribution in [0.15, 0.2) is 24.3 Å². The van der Waals surface area contributed by atoms with E-state index in [0.29, 0.717) is 5.56 Å². The number of rotatable bonds is 12. The van der Waals surface area contributed by atoms with Gasteiger partial charge in [0.1, 0.15) is 11.8 Å². The molecule has 0 spiro atoms. The Kier molecular flexibility index (Phi) is 10.1. The SMILES string of the molecule is CC(O)C(NC(=O)CNC(=O)C(CC(=O)O)NC(=O)C(N)Cc1ccc(O)cc1)C(=O)O. The van der Waals surface area contributed by atoms with Crippen molar-refractivity contribution in [1.29, 1.82) is 0 Å². The fourth-order valence-electron chi connectivity index (χ4n) is 2.55. The molecule has 4 unspecified atom stereocenters. The van der Waals surface area contributed by atoms with Crippen LogP contribution in [-0.2, 0) is 30.4 Å². The summed E-state index contributed by atoms with van der Waals surface area (Å²) in [5, 5.41) is 42.9. The van der Waals surface area contributed by atoms with Crippen LogP contribution in [-0.4, -0.2) is 80.9 Å². The van der Waals surface area contributed by atoms with Crippen LogP contribution in [0, 0.1) is 0 Å². The van der Waals surface area contributed by atoms with Crippen LogP contribution in [0.5, 0.6) is 5.75 Å². The number of aliphatic hydroxyl groups is 1. The van der Waals surface area contributed by atoms with Crippen molar-refractivity contribution in [2.75, 3.05) is 6.54 Å². The number of aliphatic hydroxyl groups excluding tert-OH is 1. The second-order valence-electron chi connectivity index (χ2n) is 6.98. The average Bonchev–Trinajstić information content (AvgIpc) is 2.70. The van der Waals surface area contributed by atoms with Crippen LogP contribution in [0.1, 0.15) is 18.9 Å². The number of amides is 3. The summed E-state index contributed by atoms with van der Waals surface area (Å²) in [7, 11) is 0. The highest BCUT2D eigenvalue weighted by molar-refractivity contribution is 5.94. The summed E-state index contributed by atoms with van der Waals surface area (Å²) in [6.07, 6.45) is -2.15. The number of phenols is 1. The standard InChI is InChI=1S/C19H26N4O9/c1-9(24)16(19(31)32)23-14(26)8-21-18(30)13(7-15(27)28)22-17(29)12(20)6-10-2-4-11(25)5-3-10/h2-5,9,12-13,16,24-25H,6-8,20H2,1H3,(H,21,30)(H,22,29)(H,23,26)(H,27,28)(H,31,32). The number of nitrogens with two attached hydrogens (primary N) is 1. The van der Waals surface area contributed by atoms with Crippen LogP contribution < -0.4 is 21.7 Å². The summed E-state index contributed by atoms with van der Waals surface area (Å²) in [5.41, 5.74) is 6.42. The summed E-state index contributed by atoms with van der Waals surface area (Å²) in [6, 6.07) is 1.60. The van der Waals surface area contributed by atoms with Gasteiger partial charge in [-0.15, -0.1) is 0 Å². The minimum atomic E-state index is -1.60. The highest BCUT2D eigenvalue weighted by Gasteiger charge is 2.28. The van der Waals surface area contributed by atoms with E-state index in [-0.39, 0.29) is 12.2 Å². The first-order valence-corrected chi connectivity index (χ1v) is 9.44. The molecule has 1 rings (SSSR count). The smallest absolute Gasteiger partial charge is 0.328 e. The van der Waals surface area contributed by atoms with Crippen molar-refractivity contribution in [3.05, 3.63) is 29.8 Å². The van der Waals surface area contributed by atoms with Crippen molar-refractivity contribution in [2.24, 2.45) is 5.73 Å². The lowest BCUT2D eigenvalue weighted by Crippen LogP contribution is -2.55. The lowest BCUT2D eigenvalue weighted by Gasteiger charge is -2.20. The van der Waals surface area contributed by atoms with Gasteiger partial charge >= 0.3 is 11.9 Å². The number of benzene rings is 1. The topological polar surface area (TPSA) is 228 Å². The third-order valence-electron chi connectivity index (χ3n) is 4.23. The number of aliphatic carboxylic acids is 2. The van der Waals surface area contributed by atoms with Gasteiger partial charge in [-0.05, 0) is 31.0 Å². The molecule has 0 saturated heterocycles. The molecule has 32 heavy (non-hydrogen) atoms. The van der Waals surface area contributed by atoms with Crippen molar-refractivity contribution in [3.8, 4) is 5.75 Å². The molecule has 0 saturated carbocycles. The molecule has 0 aliphatic rings. The van der Waals surface area contributed by atoms with Crippen molar-refractivity contribution in [1.82, 2.24) is 16.0 Å². The van der Waals surface area contributed by atoms with Crippen molar-refractivity contribution < 1.29 is 44.4 Å². The van der Waals surface area contributed by atoms with Gasteiger partial charge in [-0.2, -0.15) is 0 Å². The number of hydrogen-bond donors (Lipinski definition) is 8. The first-order chi connectivity index (χ1) is 14.9. The largest absolute Gasteiger partial charge is 0.508 e. The van der Waals surface area contributed by atoms with E-state index in [1.54, 1.807) is 12.1 Å². The quantitative estimate of drug-likeness (QED) is 0.163. The van der Waals surface area contributed by atoms with Crippen molar-refractivity contribution >= 4 is 29.7 Å². The summed E-state index contributed by atoms with van der Waals surface area (Å²) < 4.78 is 0. The van der Waals surface area contributed by atoms with Gasteiger partial charge in [0.15, 0.2) is 6.04 Å². The fraction of sp³-hybridized carbons (Fsp3) is 0.421. The number of carboxylic acid groups (broad SMARTS) is 2. The highest BCUT2D eigenvalue weighted by Crippen LogP contribution is 2.11. The summed E-state index contributed by atoms with van der Waals surface area (Å²) in [4.78, 5) is 58.5. The number of phenolic OH excluding ortho intramolecular Hbond substituents is 1. The van der Waals surface area contributed by atoms with Gasteiger partial charge in [-0.1, -0.05) is 12.1 Å². The lowest BCUT2D eigenvalue weighted by atomic mass is 10.0. The monoisotopic (exact) mass is 454 g/mol. The number of carbonyl (C=O) groups excluding carboxylic acids is 3. The third kappa shape index (κ3) is 8.97. The zero-order chi connectivity index (χ0) is 24.4. The van der Waals surface area contributed by atoms with E-state index in [9.17, 15) is 34.2 Å². The van der Waals surface area contributed by atoms with E-state index < -0.39 is 66.9 Å². The Morgan fingerprint density at radius 3 is 2.09 bits per heavy atom. The number of hydrogen-bond acceptors (Lipinski definition) is 8. The lowest BCUT2D eigenvalue weighted by molar-refractivity contribution is -0.145. The van der Waals surface area contributed by atoms with E-state index in [2.05, 4.69) is 10.6 Å². The molecule has 13 heteroatoms. The molecule has 0 bridgehead atoms. The number of nitrogens with one attached hydrogen (secondary N) is 3. The van der Waals surface area contributed by atoms with E-state index in [1.807, 2.05) is 5.32 Å². The normalized spacial score (nSPS) is 14.3. The van der Waals surface area contributed by atoms with Crippen LogP contribution in [0.4, 0.5) is 0 Å². The minimum absolute atomic E-state index is 0.0251. The molecule has 0 aliphatic carbocycles. The zero-order valence-corrected chi connectivity index (χ0v) is 17.1. The van der Waals surface area contributed by atoms with E-state index >= 15 is 0 Å². The molecule has 9 N–H and O–H groups in total. The summed E-state index contributed by atoms with van der Waals surface area (Å²) >= 11 is 0. The Hall–Kier alpha value is -3.71. The molecular weight excluding hydrogens is 428 g/mol. The molecular formula is C19H26N4O9. The van der Waals surface area contributed by atoms with Crippen LogP contribution in [0.2, 0.25) is 0 Å². The molecule has 0 aromatic heterocycles. The summed E-state index contributed by atoms with van der Waals surface area (Å²) in [6.45, 7) is 0.429. The highest BCUT2D eigenvalue weighted by atomic mass is 16.4. The van der Waals surface area contributed by atoms with E-state index in [4.69, 9.17) is 15.9 Å². The molecule has 0 aliphatic heterocycles. The second-order valence-corrected chi connectivity index (χ2v) is 6.98. The van der Waals surface area contributed by atoms with Gasteiger partial charge in [0.2, 0.25) is 17.7 Å². The Morgan fingerprint density at radius 1 is 1.00 bits per heavy atom. The maximum atomic E-state index is 12.3. The zero-order valence-electron chi connectivity index (χ0n) is 17.1. The Morgan fingerprint density at radius 2 is 1.59 bits per heavy atom. The predicted octanol–water partition coefficient (Wildman–Crippen LogP) is -2.71. The average molecular weight is 454 g/mol.